The first kappa shape index (κ1) is 17.7. The number of hydrogen-bond acceptors (Lipinski definition) is 3. The molecule has 1 amide bonds. The summed E-state index contributed by atoms with van der Waals surface area (Å²) in [7, 11) is -3.72. The lowest BCUT2D eigenvalue weighted by molar-refractivity contribution is -0.167. The van der Waals surface area contributed by atoms with Crippen molar-refractivity contribution in [3.63, 3.8) is 0 Å². The Hall–Kier alpha value is -1.61. The maximum absolute atomic E-state index is 12.2. The van der Waals surface area contributed by atoms with E-state index in [4.69, 9.17) is 0 Å². The SMILES string of the molecule is O=C(Nc1ccc(S(=O)(=O)NC2CCCCC2)cc1)C(F)(F)F. The first-order valence-corrected chi connectivity index (χ1v) is 8.67. The van der Waals surface area contributed by atoms with Crippen LogP contribution in [0.1, 0.15) is 32.1 Å². The summed E-state index contributed by atoms with van der Waals surface area (Å²) < 4.78 is 63.5. The van der Waals surface area contributed by atoms with Gasteiger partial charge in [-0.3, -0.25) is 4.79 Å². The summed E-state index contributed by atoms with van der Waals surface area (Å²) in [5, 5.41) is 1.66. The summed E-state index contributed by atoms with van der Waals surface area (Å²) in [6.45, 7) is 0. The number of amides is 1. The number of carbonyl (C=O) groups excluding carboxylic acids is 1. The first-order valence-electron chi connectivity index (χ1n) is 7.19. The van der Waals surface area contributed by atoms with Gasteiger partial charge in [-0.1, -0.05) is 19.3 Å². The maximum atomic E-state index is 12.2. The predicted molar refractivity (Wildman–Crippen MR) is 78.3 cm³/mol. The molecule has 0 heterocycles. The zero-order valence-electron chi connectivity index (χ0n) is 12.2. The standard InChI is InChI=1S/C14H17F3N2O3S/c15-14(16,17)13(20)18-10-6-8-12(9-7-10)23(21,22)19-11-4-2-1-3-5-11/h6-9,11,19H,1-5H2,(H,18,20). The number of benzene rings is 1. The van der Waals surface area contributed by atoms with Crippen molar-refractivity contribution >= 4 is 21.6 Å². The molecule has 9 heteroatoms. The van der Waals surface area contributed by atoms with Crippen molar-refractivity contribution in [2.24, 2.45) is 0 Å². The van der Waals surface area contributed by atoms with Gasteiger partial charge in [0.2, 0.25) is 10.0 Å². The van der Waals surface area contributed by atoms with Gasteiger partial charge in [-0.05, 0) is 37.1 Å². The van der Waals surface area contributed by atoms with Crippen molar-refractivity contribution in [2.45, 2.75) is 49.2 Å². The van der Waals surface area contributed by atoms with Crippen LogP contribution in [0.3, 0.4) is 0 Å². The number of hydrogen-bond donors (Lipinski definition) is 2. The molecule has 0 atom stereocenters. The molecule has 0 aromatic heterocycles. The van der Waals surface area contributed by atoms with Crippen LogP contribution in [0.5, 0.6) is 0 Å². The van der Waals surface area contributed by atoms with Gasteiger partial charge >= 0.3 is 12.1 Å². The highest BCUT2D eigenvalue weighted by molar-refractivity contribution is 7.89. The van der Waals surface area contributed by atoms with Crippen molar-refractivity contribution in [1.82, 2.24) is 4.72 Å². The Balaban J connectivity index is 2.04. The molecule has 1 aromatic carbocycles. The summed E-state index contributed by atoms with van der Waals surface area (Å²) >= 11 is 0. The van der Waals surface area contributed by atoms with Gasteiger partial charge in [0.1, 0.15) is 0 Å². The van der Waals surface area contributed by atoms with Gasteiger partial charge < -0.3 is 5.32 Å². The van der Waals surface area contributed by atoms with Gasteiger partial charge in [-0.25, -0.2) is 13.1 Å². The van der Waals surface area contributed by atoms with E-state index in [0.717, 1.165) is 56.4 Å². The second-order valence-electron chi connectivity index (χ2n) is 5.43. The quantitative estimate of drug-likeness (QED) is 0.877. The third-order valence-corrected chi connectivity index (χ3v) is 5.14. The third kappa shape index (κ3) is 4.93. The summed E-state index contributed by atoms with van der Waals surface area (Å²) in [5.41, 5.74) is -0.121. The number of carbonyl (C=O) groups is 1. The number of rotatable bonds is 4. The minimum absolute atomic E-state index is 0.0481. The number of sulfonamides is 1. The summed E-state index contributed by atoms with van der Waals surface area (Å²) in [5.74, 6) is -2.10. The van der Waals surface area contributed by atoms with Crippen LogP contribution in [0.25, 0.3) is 0 Å². The Labute approximate surface area is 132 Å². The van der Waals surface area contributed by atoms with Crippen molar-refractivity contribution in [2.75, 3.05) is 5.32 Å². The lowest BCUT2D eigenvalue weighted by Crippen LogP contribution is -2.36. The number of nitrogens with one attached hydrogen (secondary N) is 2. The molecule has 23 heavy (non-hydrogen) atoms. The maximum Gasteiger partial charge on any atom is 0.471 e. The molecule has 128 valence electrons. The van der Waals surface area contributed by atoms with Crippen molar-refractivity contribution < 1.29 is 26.4 Å². The number of alkyl halides is 3. The van der Waals surface area contributed by atoms with E-state index in [9.17, 15) is 26.4 Å². The largest absolute Gasteiger partial charge is 0.471 e. The molecule has 0 aliphatic heterocycles. The van der Waals surface area contributed by atoms with Crippen molar-refractivity contribution in [3.05, 3.63) is 24.3 Å². The Morgan fingerprint density at radius 3 is 2.13 bits per heavy atom. The van der Waals surface area contributed by atoms with E-state index in [0.29, 0.717) is 0 Å². The molecule has 1 saturated carbocycles. The van der Waals surface area contributed by atoms with E-state index in [1.54, 1.807) is 5.32 Å². The molecule has 0 radical (unpaired) electrons. The molecular weight excluding hydrogens is 333 g/mol. The average molecular weight is 350 g/mol. The Morgan fingerprint density at radius 2 is 1.61 bits per heavy atom. The minimum atomic E-state index is -4.99. The molecule has 1 fully saturated rings. The zero-order valence-corrected chi connectivity index (χ0v) is 13.0. The third-order valence-electron chi connectivity index (χ3n) is 3.61. The van der Waals surface area contributed by atoms with Crippen LogP contribution < -0.4 is 10.0 Å². The van der Waals surface area contributed by atoms with E-state index < -0.39 is 22.1 Å². The molecule has 2 N–H and O–H groups in total. The van der Waals surface area contributed by atoms with Crippen LogP contribution in [-0.4, -0.2) is 26.5 Å². The average Bonchev–Trinajstić information content (AvgIpc) is 2.47. The molecule has 0 bridgehead atoms. The predicted octanol–water partition coefficient (Wildman–Crippen LogP) is 2.80. The molecule has 0 unspecified atom stereocenters. The molecular formula is C14H17F3N2O3S. The fourth-order valence-electron chi connectivity index (χ4n) is 2.43. The van der Waals surface area contributed by atoms with Gasteiger partial charge in [-0.2, -0.15) is 13.2 Å². The van der Waals surface area contributed by atoms with Crippen molar-refractivity contribution in [3.8, 4) is 0 Å². The Morgan fingerprint density at radius 1 is 1.04 bits per heavy atom. The van der Waals surface area contributed by atoms with Crippen LogP contribution in [0.4, 0.5) is 18.9 Å². The van der Waals surface area contributed by atoms with Gasteiger partial charge in [0.15, 0.2) is 0 Å². The Bertz CT molecular complexity index is 651. The second-order valence-corrected chi connectivity index (χ2v) is 7.15. The molecule has 1 aliphatic carbocycles. The van der Waals surface area contributed by atoms with Crippen LogP contribution in [0, 0.1) is 0 Å². The van der Waals surface area contributed by atoms with Crippen molar-refractivity contribution in [1.29, 1.82) is 0 Å². The summed E-state index contributed by atoms with van der Waals surface area (Å²) in [6.07, 6.45) is -0.414. The highest BCUT2D eigenvalue weighted by atomic mass is 32.2. The van der Waals surface area contributed by atoms with Gasteiger partial charge in [0.05, 0.1) is 4.90 Å². The zero-order chi connectivity index (χ0) is 17.1. The van der Waals surface area contributed by atoms with E-state index in [-0.39, 0.29) is 16.6 Å². The van der Waals surface area contributed by atoms with E-state index in [1.165, 1.54) is 0 Å². The van der Waals surface area contributed by atoms with Gasteiger partial charge in [0.25, 0.3) is 0 Å². The van der Waals surface area contributed by atoms with Crippen LogP contribution in [-0.2, 0) is 14.8 Å². The van der Waals surface area contributed by atoms with E-state index in [1.807, 2.05) is 0 Å². The highest BCUT2D eigenvalue weighted by Crippen LogP contribution is 2.22. The first-order chi connectivity index (χ1) is 10.7. The monoisotopic (exact) mass is 350 g/mol. The topological polar surface area (TPSA) is 75.3 Å². The molecule has 0 saturated heterocycles. The molecule has 2 rings (SSSR count). The van der Waals surface area contributed by atoms with Crippen LogP contribution in [0.2, 0.25) is 0 Å². The fraction of sp³-hybridized carbons (Fsp3) is 0.500. The molecule has 5 nitrogen and oxygen atoms in total. The summed E-state index contributed by atoms with van der Waals surface area (Å²) in [4.78, 5) is 10.8. The Kier molecular flexibility index (Phi) is 5.30. The fourth-order valence-corrected chi connectivity index (χ4v) is 3.73. The molecule has 1 aromatic rings. The van der Waals surface area contributed by atoms with E-state index in [2.05, 4.69) is 4.72 Å². The van der Waals surface area contributed by atoms with Crippen LogP contribution in [0.15, 0.2) is 29.2 Å². The smallest absolute Gasteiger partial charge is 0.318 e. The number of halogens is 3. The second kappa shape index (κ2) is 6.88. The summed E-state index contributed by atoms with van der Waals surface area (Å²) in [6, 6.07) is 4.46. The number of anilines is 1. The highest BCUT2D eigenvalue weighted by Gasteiger charge is 2.38. The minimum Gasteiger partial charge on any atom is -0.318 e. The van der Waals surface area contributed by atoms with Gasteiger partial charge in [-0.15, -0.1) is 0 Å². The van der Waals surface area contributed by atoms with E-state index >= 15 is 0 Å². The van der Waals surface area contributed by atoms with Crippen LogP contribution >= 0.6 is 0 Å². The normalized spacial score (nSPS) is 17.0. The van der Waals surface area contributed by atoms with Gasteiger partial charge in [0, 0.05) is 11.7 Å². The lowest BCUT2D eigenvalue weighted by atomic mass is 9.96. The lowest BCUT2D eigenvalue weighted by Gasteiger charge is -2.22. The molecule has 1 aliphatic rings. The molecule has 0 spiro atoms.